The van der Waals surface area contributed by atoms with Crippen molar-refractivity contribution in [3.8, 4) is 5.95 Å². The number of aryl methyl sites for hydroxylation is 2. The summed E-state index contributed by atoms with van der Waals surface area (Å²) in [6.07, 6.45) is 3.80. The fourth-order valence-corrected chi connectivity index (χ4v) is 2.38. The third kappa shape index (κ3) is 1.70. The van der Waals surface area contributed by atoms with Gasteiger partial charge in [-0.1, -0.05) is 0 Å². The minimum Gasteiger partial charge on any atom is -0.383 e. The Morgan fingerprint density at radius 2 is 2.17 bits per heavy atom. The second-order valence-corrected chi connectivity index (χ2v) is 4.64. The highest BCUT2D eigenvalue weighted by atomic mass is 16.1. The summed E-state index contributed by atoms with van der Waals surface area (Å²) in [5, 5.41) is 4.23. The molecule has 1 aliphatic rings. The van der Waals surface area contributed by atoms with E-state index in [1.807, 2.05) is 6.92 Å². The highest BCUT2D eigenvalue weighted by Crippen LogP contribution is 2.17. The first kappa shape index (κ1) is 11.0. The second-order valence-electron chi connectivity index (χ2n) is 4.64. The van der Waals surface area contributed by atoms with Crippen LogP contribution in [0.4, 0.5) is 5.82 Å². The summed E-state index contributed by atoms with van der Waals surface area (Å²) in [6.45, 7) is 1.85. The Balaban J connectivity index is 2.17. The van der Waals surface area contributed by atoms with Crippen LogP contribution in [0.5, 0.6) is 0 Å². The molecular formula is C12H15N5O. The number of hydrogen-bond donors (Lipinski definition) is 2. The Bertz CT molecular complexity index is 655. The van der Waals surface area contributed by atoms with Gasteiger partial charge in [-0.3, -0.25) is 9.78 Å². The molecule has 0 fully saturated rings. The van der Waals surface area contributed by atoms with Crippen molar-refractivity contribution in [2.75, 3.05) is 5.73 Å². The fourth-order valence-electron chi connectivity index (χ4n) is 2.38. The molecule has 0 aromatic carbocycles. The van der Waals surface area contributed by atoms with E-state index in [9.17, 15) is 4.79 Å². The lowest BCUT2D eigenvalue weighted by atomic mass is 9.97. The van der Waals surface area contributed by atoms with Crippen LogP contribution < -0.4 is 11.3 Å². The summed E-state index contributed by atoms with van der Waals surface area (Å²) in [5.41, 5.74) is 8.26. The molecule has 94 valence electrons. The molecule has 0 spiro atoms. The number of H-pyrrole nitrogens is 1. The zero-order valence-corrected chi connectivity index (χ0v) is 10.2. The van der Waals surface area contributed by atoms with Gasteiger partial charge in [0.1, 0.15) is 5.82 Å². The number of aromatic amines is 1. The standard InChI is InChI=1S/C12H15N5O/c1-7-6-10(13)17(16-7)12-14-9-5-3-2-4-8(9)11(18)15-12/h6H,2-5,13H2,1H3,(H,14,15,18). The summed E-state index contributed by atoms with van der Waals surface area (Å²) in [7, 11) is 0. The van der Waals surface area contributed by atoms with Gasteiger partial charge in [0, 0.05) is 11.6 Å². The maximum absolute atomic E-state index is 12.0. The van der Waals surface area contributed by atoms with Gasteiger partial charge >= 0.3 is 0 Å². The van der Waals surface area contributed by atoms with E-state index in [0.717, 1.165) is 42.6 Å². The van der Waals surface area contributed by atoms with Gasteiger partial charge < -0.3 is 5.73 Å². The van der Waals surface area contributed by atoms with Crippen LogP contribution in [0.2, 0.25) is 0 Å². The van der Waals surface area contributed by atoms with E-state index in [1.165, 1.54) is 4.68 Å². The lowest BCUT2D eigenvalue weighted by molar-refractivity contribution is 0.646. The Kier molecular flexibility index (Phi) is 2.43. The van der Waals surface area contributed by atoms with Crippen molar-refractivity contribution >= 4 is 5.82 Å². The van der Waals surface area contributed by atoms with Gasteiger partial charge in [0.2, 0.25) is 5.95 Å². The van der Waals surface area contributed by atoms with Crippen molar-refractivity contribution in [3.63, 3.8) is 0 Å². The molecule has 6 heteroatoms. The van der Waals surface area contributed by atoms with Crippen molar-refractivity contribution < 1.29 is 0 Å². The van der Waals surface area contributed by atoms with Gasteiger partial charge in [-0.15, -0.1) is 0 Å². The van der Waals surface area contributed by atoms with Crippen molar-refractivity contribution in [1.82, 2.24) is 19.7 Å². The normalized spacial score (nSPS) is 14.5. The molecule has 0 aliphatic heterocycles. The average molecular weight is 245 g/mol. The molecule has 0 radical (unpaired) electrons. The van der Waals surface area contributed by atoms with E-state index >= 15 is 0 Å². The van der Waals surface area contributed by atoms with E-state index in [4.69, 9.17) is 5.73 Å². The number of nitrogen functional groups attached to an aromatic ring is 1. The molecule has 0 saturated heterocycles. The highest BCUT2D eigenvalue weighted by Gasteiger charge is 2.17. The van der Waals surface area contributed by atoms with Crippen molar-refractivity contribution in [2.24, 2.45) is 0 Å². The van der Waals surface area contributed by atoms with E-state index in [1.54, 1.807) is 6.07 Å². The van der Waals surface area contributed by atoms with E-state index < -0.39 is 0 Å². The van der Waals surface area contributed by atoms with Crippen LogP contribution >= 0.6 is 0 Å². The predicted octanol–water partition coefficient (Wildman–Crippen LogP) is 0.725. The van der Waals surface area contributed by atoms with Crippen molar-refractivity contribution in [3.05, 3.63) is 33.4 Å². The first-order valence-electron chi connectivity index (χ1n) is 6.10. The van der Waals surface area contributed by atoms with Gasteiger partial charge in [0.05, 0.1) is 11.4 Å². The summed E-state index contributed by atoms with van der Waals surface area (Å²) >= 11 is 0. The van der Waals surface area contributed by atoms with Gasteiger partial charge in [-0.25, -0.2) is 4.98 Å². The zero-order valence-electron chi connectivity index (χ0n) is 10.2. The van der Waals surface area contributed by atoms with E-state index in [-0.39, 0.29) is 5.56 Å². The molecule has 0 bridgehead atoms. The number of nitrogens with one attached hydrogen (secondary N) is 1. The van der Waals surface area contributed by atoms with Crippen molar-refractivity contribution in [1.29, 1.82) is 0 Å². The minimum atomic E-state index is -0.0674. The van der Waals surface area contributed by atoms with Crippen LogP contribution in [0.25, 0.3) is 5.95 Å². The SMILES string of the molecule is Cc1cc(N)n(-c2nc3c(c(=O)[nH]2)CCCC3)n1. The fraction of sp³-hybridized carbons (Fsp3) is 0.417. The van der Waals surface area contributed by atoms with Crippen LogP contribution in [-0.2, 0) is 12.8 Å². The number of rotatable bonds is 1. The molecule has 0 amide bonds. The lowest BCUT2D eigenvalue weighted by Crippen LogP contribution is -2.24. The van der Waals surface area contributed by atoms with Gasteiger partial charge in [-0.2, -0.15) is 9.78 Å². The summed E-state index contributed by atoms with van der Waals surface area (Å²) < 4.78 is 1.48. The largest absolute Gasteiger partial charge is 0.383 e. The monoisotopic (exact) mass is 245 g/mol. The number of anilines is 1. The first-order valence-corrected chi connectivity index (χ1v) is 6.10. The Morgan fingerprint density at radius 3 is 2.89 bits per heavy atom. The number of aromatic nitrogens is 4. The maximum Gasteiger partial charge on any atom is 0.255 e. The molecule has 0 unspecified atom stereocenters. The van der Waals surface area contributed by atoms with Gasteiger partial charge in [0.25, 0.3) is 5.56 Å². The molecule has 2 aromatic rings. The molecule has 0 saturated carbocycles. The number of nitrogens with zero attached hydrogens (tertiary/aromatic N) is 3. The van der Waals surface area contributed by atoms with Crippen LogP contribution in [0.1, 0.15) is 29.8 Å². The zero-order chi connectivity index (χ0) is 12.7. The van der Waals surface area contributed by atoms with Crippen molar-refractivity contribution in [2.45, 2.75) is 32.6 Å². The third-order valence-electron chi connectivity index (χ3n) is 3.24. The molecule has 3 rings (SSSR count). The molecular weight excluding hydrogens is 230 g/mol. The van der Waals surface area contributed by atoms with Crippen LogP contribution in [0.15, 0.2) is 10.9 Å². The number of fused-ring (bicyclic) bond motifs is 1. The van der Waals surface area contributed by atoms with Gasteiger partial charge in [-0.05, 0) is 32.6 Å². The lowest BCUT2D eigenvalue weighted by Gasteiger charge is -2.14. The third-order valence-corrected chi connectivity index (χ3v) is 3.24. The van der Waals surface area contributed by atoms with Crippen LogP contribution in [0.3, 0.4) is 0 Å². The highest BCUT2D eigenvalue weighted by molar-refractivity contribution is 5.37. The Labute approximate surface area is 104 Å². The van der Waals surface area contributed by atoms with Crippen LogP contribution in [-0.4, -0.2) is 19.7 Å². The molecule has 18 heavy (non-hydrogen) atoms. The molecule has 2 aromatic heterocycles. The molecule has 1 aliphatic carbocycles. The summed E-state index contributed by atoms with van der Waals surface area (Å²) in [5.74, 6) is 0.887. The Morgan fingerprint density at radius 1 is 1.39 bits per heavy atom. The maximum atomic E-state index is 12.0. The average Bonchev–Trinajstić information content (AvgIpc) is 2.68. The minimum absolute atomic E-state index is 0.0674. The number of hydrogen-bond acceptors (Lipinski definition) is 4. The second kappa shape index (κ2) is 3.97. The predicted molar refractivity (Wildman–Crippen MR) is 67.8 cm³/mol. The summed E-state index contributed by atoms with van der Waals surface area (Å²) in [6, 6.07) is 1.75. The van der Waals surface area contributed by atoms with Gasteiger partial charge in [0.15, 0.2) is 0 Å². The van der Waals surface area contributed by atoms with E-state index in [0.29, 0.717) is 11.8 Å². The Hall–Kier alpha value is -2.11. The molecule has 6 nitrogen and oxygen atoms in total. The first-order chi connectivity index (χ1) is 8.65. The number of nitrogens with two attached hydrogens (primary N) is 1. The molecule has 0 atom stereocenters. The van der Waals surface area contributed by atoms with Crippen LogP contribution in [0, 0.1) is 6.92 Å². The molecule has 3 N–H and O–H groups in total. The quantitative estimate of drug-likeness (QED) is 0.774. The summed E-state index contributed by atoms with van der Waals surface area (Å²) in [4.78, 5) is 19.2. The van der Waals surface area contributed by atoms with E-state index in [2.05, 4.69) is 15.1 Å². The smallest absolute Gasteiger partial charge is 0.255 e. The topological polar surface area (TPSA) is 89.6 Å². The molecule has 2 heterocycles.